The van der Waals surface area contributed by atoms with Crippen LogP contribution in [-0.2, 0) is 18.4 Å². The zero-order valence-electron chi connectivity index (χ0n) is 13.5. The Morgan fingerprint density at radius 2 is 2.00 bits per heavy atom. The number of aromatic nitrogens is 1. The largest absolute Gasteiger partial charge is 0.426 e. The Morgan fingerprint density at radius 3 is 2.52 bits per heavy atom. The van der Waals surface area contributed by atoms with E-state index >= 15 is 0 Å². The first-order valence-electron chi connectivity index (χ1n) is 7.26. The lowest BCUT2D eigenvalue weighted by Gasteiger charge is -2.25. The van der Waals surface area contributed by atoms with Gasteiger partial charge < -0.3 is 20.3 Å². The molecule has 0 fully saturated rings. The maximum absolute atomic E-state index is 12.7. The van der Waals surface area contributed by atoms with Gasteiger partial charge in [-0.3, -0.25) is 4.79 Å². The van der Waals surface area contributed by atoms with Gasteiger partial charge in [-0.05, 0) is 37.3 Å². The highest BCUT2D eigenvalue weighted by Crippen LogP contribution is 2.32. The van der Waals surface area contributed by atoms with Crippen molar-refractivity contribution < 1.29 is 23.1 Å². The van der Waals surface area contributed by atoms with Crippen LogP contribution in [0.15, 0.2) is 36.5 Å². The van der Waals surface area contributed by atoms with Gasteiger partial charge in [0.15, 0.2) is 0 Å². The van der Waals surface area contributed by atoms with Crippen molar-refractivity contribution in [3.05, 3.63) is 47.2 Å². The van der Waals surface area contributed by atoms with Crippen molar-refractivity contribution >= 4 is 28.9 Å². The van der Waals surface area contributed by atoms with E-state index in [-0.39, 0.29) is 10.7 Å². The van der Waals surface area contributed by atoms with Gasteiger partial charge >= 0.3 is 6.18 Å². The zero-order valence-corrected chi connectivity index (χ0v) is 14.2. The Hall–Kier alpha value is -2.19. The van der Waals surface area contributed by atoms with Gasteiger partial charge in [0, 0.05) is 24.6 Å². The molecule has 0 spiro atoms. The van der Waals surface area contributed by atoms with Crippen LogP contribution < -0.4 is 10.6 Å². The molecular weight excluding hydrogens is 359 g/mol. The minimum absolute atomic E-state index is 0.0272. The van der Waals surface area contributed by atoms with E-state index in [0.29, 0.717) is 19.2 Å². The number of nitrogens with one attached hydrogen (secondary N) is 2. The van der Waals surface area contributed by atoms with Gasteiger partial charge in [-0.2, -0.15) is 13.2 Å². The molecule has 0 aliphatic rings. The molecule has 1 heterocycles. The summed E-state index contributed by atoms with van der Waals surface area (Å²) in [7, 11) is 1.90. The molecule has 5 nitrogen and oxygen atoms in total. The molecule has 136 valence electrons. The normalized spacial score (nSPS) is 14.0. The number of aliphatic hydroxyl groups is 1. The highest BCUT2D eigenvalue weighted by Gasteiger charge is 2.55. The molecule has 25 heavy (non-hydrogen) atoms. The molecule has 1 atom stereocenters. The van der Waals surface area contributed by atoms with Crippen molar-refractivity contribution in [1.82, 2.24) is 4.57 Å². The predicted molar refractivity (Wildman–Crippen MR) is 89.5 cm³/mol. The minimum Gasteiger partial charge on any atom is -0.379 e. The first kappa shape index (κ1) is 19.1. The Kier molecular flexibility index (Phi) is 5.34. The van der Waals surface area contributed by atoms with Gasteiger partial charge in [0.2, 0.25) is 5.60 Å². The number of alkyl halides is 3. The van der Waals surface area contributed by atoms with Crippen molar-refractivity contribution in [3.63, 3.8) is 0 Å². The molecule has 1 amide bonds. The van der Waals surface area contributed by atoms with Crippen LogP contribution >= 0.6 is 11.6 Å². The SMILES string of the molecule is Cn1cccc1CNc1ccc(NC(=O)C(C)(O)C(F)(F)F)c(Cl)c1. The fourth-order valence-electron chi connectivity index (χ4n) is 1.97. The lowest BCUT2D eigenvalue weighted by Crippen LogP contribution is -2.52. The number of benzene rings is 1. The number of amides is 1. The first-order valence-corrected chi connectivity index (χ1v) is 7.64. The van der Waals surface area contributed by atoms with Gasteiger partial charge in [-0.25, -0.2) is 0 Å². The third-order valence-corrected chi connectivity index (χ3v) is 4.05. The number of carbonyl (C=O) groups excluding carboxylic acids is 1. The fourth-order valence-corrected chi connectivity index (χ4v) is 2.20. The summed E-state index contributed by atoms with van der Waals surface area (Å²) in [5, 5.41) is 14.5. The van der Waals surface area contributed by atoms with Crippen LogP contribution in [0.5, 0.6) is 0 Å². The number of halogens is 4. The van der Waals surface area contributed by atoms with Crippen molar-refractivity contribution in [2.45, 2.75) is 25.2 Å². The molecular formula is C16H17ClF3N3O2. The molecule has 0 bridgehead atoms. The van der Waals surface area contributed by atoms with E-state index in [0.717, 1.165) is 5.69 Å². The van der Waals surface area contributed by atoms with Crippen molar-refractivity contribution in [1.29, 1.82) is 0 Å². The lowest BCUT2D eigenvalue weighted by atomic mass is 10.1. The van der Waals surface area contributed by atoms with Crippen LogP contribution in [0, 0.1) is 0 Å². The average Bonchev–Trinajstić information content (AvgIpc) is 2.91. The first-order chi connectivity index (χ1) is 11.5. The number of carbonyl (C=O) groups is 1. The van der Waals surface area contributed by atoms with E-state index in [2.05, 4.69) is 5.32 Å². The quantitative estimate of drug-likeness (QED) is 0.748. The zero-order chi connectivity index (χ0) is 18.8. The van der Waals surface area contributed by atoms with E-state index in [1.807, 2.05) is 35.3 Å². The summed E-state index contributed by atoms with van der Waals surface area (Å²) < 4.78 is 39.9. The Labute approximate surface area is 147 Å². The number of nitrogens with zero attached hydrogens (tertiary/aromatic N) is 1. The summed E-state index contributed by atoms with van der Waals surface area (Å²) in [4.78, 5) is 11.7. The number of hydrogen-bond acceptors (Lipinski definition) is 3. The van der Waals surface area contributed by atoms with Crippen LogP contribution in [0.2, 0.25) is 5.02 Å². The van der Waals surface area contributed by atoms with E-state index in [4.69, 9.17) is 11.6 Å². The molecule has 0 aliphatic carbocycles. The molecule has 1 unspecified atom stereocenters. The van der Waals surface area contributed by atoms with Gasteiger partial charge in [0.1, 0.15) is 0 Å². The predicted octanol–water partition coefficient (Wildman–Crippen LogP) is 3.54. The molecule has 0 aliphatic heterocycles. The monoisotopic (exact) mass is 375 g/mol. The number of hydrogen-bond donors (Lipinski definition) is 3. The highest BCUT2D eigenvalue weighted by molar-refractivity contribution is 6.34. The van der Waals surface area contributed by atoms with E-state index in [1.54, 1.807) is 6.07 Å². The number of anilines is 2. The molecule has 0 saturated heterocycles. The van der Waals surface area contributed by atoms with Crippen LogP contribution in [-0.4, -0.2) is 27.4 Å². The van der Waals surface area contributed by atoms with E-state index in [9.17, 15) is 23.1 Å². The maximum Gasteiger partial charge on any atom is 0.426 e. The Bertz CT molecular complexity index is 772. The fraction of sp³-hybridized carbons (Fsp3) is 0.312. The number of aryl methyl sites for hydroxylation is 1. The molecule has 0 saturated carbocycles. The van der Waals surface area contributed by atoms with Crippen molar-refractivity contribution in [2.24, 2.45) is 7.05 Å². The lowest BCUT2D eigenvalue weighted by molar-refractivity contribution is -0.242. The topological polar surface area (TPSA) is 66.3 Å². The summed E-state index contributed by atoms with van der Waals surface area (Å²) in [5.74, 6) is -1.61. The summed E-state index contributed by atoms with van der Waals surface area (Å²) in [6.45, 7) is 0.903. The average molecular weight is 376 g/mol. The summed E-state index contributed by atoms with van der Waals surface area (Å²) in [6.07, 6.45) is -3.20. The second-order valence-electron chi connectivity index (χ2n) is 5.68. The van der Waals surface area contributed by atoms with Crippen LogP contribution in [0.1, 0.15) is 12.6 Å². The smallest absolute Gasteiger partial charge is 0.379 e. The highest BCUT2D eigenvalue weighted by atomic mass is 35.5. The standard InChI is InChI=1S/C16H17ClF3N3O2/c1-15(25,16(18,19)20)14(24)22-13-6-5-10(8-12(13)17)21-9-11-4-3-7-23(11)2/h3-8,21,25H,9H2,1-2H3,(H,22,24). The maximum atomic E-state index is 12.7. The Balaban J connectivity index is 2.07. The van der Waals surface area contributed by atoms with Gasteiger partial charge in [-0.1, -0.05) is 11.6 Å². The minimum atomic E-state index is -5.10. The molecule has 1 aromatic heterocycles. The van der Waals surface area contributed by atoms with Crippen LogP contribution in [0.25, 0.3) is 0 Å². The molecule has 9 heteroatoms. The van der Waals surface area contributed by atoms with Gasteiger partial charge in [-0.15, -0.1) is 0 Å². The molecule has 3 N–H and O–H groups in total. The summed E-state index contributed by atoms with van der Waals surface area (Å²) in [6, 6.07) is 8.23. The number of rotatable bonds is 5. The van der Waals surface area contributed by atoms with Crippen LogP contribution in [0.4, 0.5) is 24.5 Å². The summed E-state index contributed by atoms with van der Waals surface area (Å²) >= 11 is 6.01. The van der Waals surface area contributed by atoms with E-state index in [1.165, 1.54) is 12.1 Å². The molecule has 0 radical (unpaired) electrons. The molecule has 2 aromatic rings. The molecule has 1 aromatic carbocycles. The summed E-state index contributed by atoms with van der Waals surface area (Å²) in [5.41, 5.74) is -1.89. The van der Waals surface area contributed by atoms with Crippen LogP contribution in [0.3, 0.4) is 0 Å². The van der Waals surface area contributed by atoms with Gasteiger partial charge in [0.25, 0.3) is 5.91 Å². The van der Waals surface area contributed by atoms with E-state index < -0.39 is 17.7 Å². The molecule has 2 rings (SSSR count). The van der Waals surface area contributed by atoms with Crippen molar-refractivity contribution in [2.75, 3.05) is 10.6 Å². The third-order valence-electron chi connectivity index (χ3n) is 3.74. The van der Waals surface area contributed by atoms with Crippen molar-refractivity contribution in [3.8, 4) is 0 Å². The second kappa shape index (κ2) is 6.97. The van der Waals surface area contributed by atoms with Gasteiger partial charge in [0.05, 0.1) is 17.3 Å². The Morgan fingerprint density at radius 1 is 1.32 bits per heavy atom. The third kappa shape index (κ3) is 4.26. The second-order valence-corrected chi connectivity index (χ2v) is 6.09.